The van der Waals surface area contributed by atoms with E-state index >= 15 is 0 Å². The van der Waals surface area contributed by atoms with E-state index in [1.165, 1.54) is 34.9 Å². The Balaban J connectivity index is 1.68. The van der Waals surface area contributed by atoms with E-state index in [1.807, 2.05) is 0 Å². The Kier molecular flexibility index (Phi) is 4.02. The second kappa shape index (κ2) is 5.82. The predicted molar refractivity (Wildman–Crippen MR) is 78.2 cm³/mol. The molecule has 1 aromatic carbocycles. The van der Waals surface area contributed by atoms with E-state index in [0.717, 1.165) is 6.07 Å². The van der Waals surface area contributed by atoms with E-state index in [-0.39, 0.29) is 29.8 Å². The number of halogens is 1. The lowest BCUT2D eigenvalue weighted by atomic mass is 10.2. The fourth-order valence-corrected chi connectivity index (χ4v) is 4.11. The fourth-order valence-electron chi connectivity index (χ4n) is 2.04. The molecule has 0 radical (unpaired) electrons. The molecule has 0 spiro atoms. The van der Waals surface area contributed by atoms with Gasteiger partial charge in [0.2, 0.25) is 10.0 Å². The Morgan fingerprint density at radius 3 is 2.77 bits per heavy atom. The van der Waals surface area contributed by atoms with Crippen LogP contribution in [0.25, 0.3) is 0 Å². The van der Waals surface area contributed by atoms with Gasteiger partial charge in [-0.25, -0.2) is 17.8 Å². The van der Waals surface area contributed by atoms with Gasteiger partial charge in [0, 0.05) is 11.6 Å². The van der Waals surface area contributed by atoms with Gasteiger partial charge in [-0.3, -0.25) is 0 Å². The van der Waals surface area contributed by atoms with Crippen LogP contribution in [-0.2, 0) is 10.0 Å². The highest BCUT2D eigenvalue weighted by Crippen LogP contribution is 2.27. The molecule has 1 aromatic heterocycles. The van der Waals surface area contributed by atoms with E-state index in [9.17, 15) is 12.8 Å². The van der Waals surface area contributed by atoms with Crippen molar-refractivity contribution in [2.75, 3.05) is 20.2 Å². The van der Waals surface area contributed by atoms with Gasteiger partial charge in [0.15, 0.2) is 11.6 Å². The highest BCUT2D eigenvalue weighted by Gasteiger charge is 2.38. The maximum absolute atomic E-state index is 13.7. The molecule has 2 aromatic rings. The van der Waals surface area contributed by atoms with Crippen molar-refractivity contribution >= 4 is 21.4 Å². The predicted octanol–water partition coefficient (Wildman–Crippen LogP) is 1.74. The van der Waals surface area contributed by atoms with Crippen molar-refractivity contribution in [3.05, 3.63) is 35.6 Å². The zero-order valence-electron chi connectivity index (χ0n) is 11.6. The molecule has 1 aliphatic heterocycles. The van der Waals surface area contributed by atoms with Crippen LogP contribution in [0.2, 0.25) is 0 Å². The van der Waals surface area contributed by atoms with E-state index in [0.29, 0.717) is 5.19 Å². The molecule has 9 heteroatoms. The van der Waals surface area contributed by atoms with Crippen LogP contribution in [0, 0.1) is 5.82 Å². The molecule has 3 rings (SSSR count). The lowest BCUT2D eigenvalue weighted by Gasteiger charge is -2.37. The molecule has 118 valence electrons. The average Bonchev–Trinajstić information content (AvgIpc) is 2.95. The third-order valence-electron chi connectivity index (χ3n) is 3.25. The summed E-state index contributed by atoms with van der Waals surface area (Å²) in [7, 11) is -2.40. The van der Waals surface area contributed by atoms with Gasteiger partial charge in [-0.1, -0.05) is 11.3 Å². The molecular formula is C13H13FN2O4S2. The third kappa shape index (κ3) is 2.79. The topological polar surface area (TPSA) is 68.7 Å². The van der Waals surface area contributed by atoms with E-state index < -0.39 is 15.8 Å². The quantitative estimate of drug-likeness (QED) is 0.826. The van der Waals surface area contributed by atoms with E-state index in [1.54, 1.807) is 11.6 Å². The van der Waals surface area contributed by atoms with Crippen LogP contribution >= 0.6 is 11.3 Å². The molecule has 0 bridgehead atoms. The highest BCUT2D eigenvalue weighted by atomic mass is 32.2. The summed E-state index contributed by atoms with van der Waals surface area (Å²) in [6, 6.07) is 3.58. The number of ether oxygens (including phenoxy) is 2. The molecule has 0 saturated carbocycles. The van der Waals surface area contributed by atoms with Crippen molar-refractivity contribution in [1.29, 1.82) is 0 Å². The molecule has 22 heavy (non-hydrogen) atoms. The van der Waals surface area contributed by atoms with Gasteiger partial charge in [-0.15, -0.1) is 0 Å². The van der Waals surface area contributed by atoms with Crippen molar-refractivity contribution in [2.45, 2.75) is 11.0 Å². The first-order valence-corrected chi connectivity index (χ1v) is 8.72. The largest absolute Gasteiger partial charge is 0.494 e. The lowest BCUT2D eigenvalue weighted by molar-refractivity contribution is 0.0759. The molecule has 0 unspecified atom stereocenters. The normalized spacial score (nSPS) is 16.3. The van der Waals surface area contributed by atoms with Crippen LogP contribution < -0.4 is 9.47 Å². The van der Waals surface area contributed by atoms with Crippen molar-refractivity contribution in [3.8, 4) is 10.9 Å². The molecular weight excluding hydrogens is 331 g/mol. The number of thiazole rings is 1. The first-order valence-electron chi connectivity index (χ1n) is 6.40. The first kappa shape index (κ1) is 15.2. The smallest absolute Gasteiger partial charge is 0.273 e. The van der Waals surface area contributed by atoms with Crippen LogP contribution in [0.5, 0.6) is 10.9 Å². The Hall–Kier alpha value is -1.71. The third-order valence-corrected chi connectivity index (χ3v) is 5.74. The Morgan fingerprint density at radius 2 is 2.18 bits per heavy atom. The van der Waals surface area contributed by atoms with Gasteiger partial charge in [-0.05, 0) is 18.2 Å². The first-order chi connectivity index (χ1) is 10.5. The van der Waals surface area contributed by atoms with Crippen molar-refractivity contribution < 1.29 is 22.3 Å². The van der Waals surface area contributed by atoms with Crippen LogP contribution in [0.3, 0.4) is 0 Å². The molecule has 0 amide bonds. The minimum absolute atomic E-state index is 0.00698. The minimum atomic E-state index is -3.72. The van der Waals surface area contributed by atoms with Gasteiger partial charge in [0.25, 0.3) is 5.19 Å². The zero-order valence-corrected chi connectivity index (χ0v) is 13.2. The monoisotopic (exact) mass is 344 g/mol. The number of hydrogen-bond acceptors (Lipinski definition) is 6. The van der Waals surface area contributed by atoms with Crippen LogP contribution in [0.4, 0.5) is 4.39 Å². The van der Waals surface area contributed by atoms with Gasteiger partial charge in [0.05, 0.1) is 25.1 Å². The summed E-state index contributed by atoms with van der Waals surface area (Å²) in [4.78, 5) is 3.88. The summed E-state index contributed by atoms with van der Waals surface area (Å²) in [5.41, 5.74) is 0. The number of nitrogens with zero attached hydrogens (tertiary/aromatic N) is 2. The SMILES string of the molecule is COc1ccc(S(=O)(=O)N2CC(Oc3nccs3)C2)cc1F. The van der Waals surface area contributed by atoms with Gasteiger partial charge in [0.1, 0.15) is 6.10 Å². The molecule has 1 saturated heterocycles. The average molecular weight is 344 g/mol. The fraction of sp³-hybridized carbons (Fsp3) is 0.308. The van der Waals surface area contributed by atoms with E-state index in [2.05, 4.69) is 4.98 Å². The Morgan fingerprint density at radius 1 is 1.41 bits per heavy atom. The summed E-state index contributed by atoms with van der Waals surface area (Å²) in [6.07, 6.45) is 1.39. The van der Waals surface area contributed by atoms with E-state index in [4.69, 9.17) is 9.47 Å². The summed E-state index contributed by atoms with van der Waals surface area (Å²) < 4.78 is 49.9. The van der Waals surface area contributed by atoms with Crippen LogP contribution in [0.1, 0.15) is 0 Å². The number of aromatic nitrogens is 1. The zero-order chi connectivity index (χ0) is 15.7. The molecule has 0 atom stereocenters. The Bertz CT molecular complexity index is 758. The van der Waals surface area contributed by atoms with Crippen molar-refractivity contribution in [2.24, 2.45) is 0 Å². The number of sulfonamides is 1. The summed E-state index contributed by atoms with van der Waals surface area (Å²) in [5, 5.41) is 2.29. The molecule has 0 aliphatic carbocycles. The number of rotatable bonds is 5. The minimum Gasteiger partial charge on any atom is -0.494 e. The number of hydrogen-bond donors (Lipinski definition) is 0. The number of methoxy groups -OCH3 is 1. The number of benzene rings is 1. The van der Waals surface area contributed by atoms with Gasteiger partial charge < -0.3 is 9.47 Å². The highest BCUT2D eigenvalue weighted by molar-refractivity contribution is 7.89. The molecule has 0 N–H and O–H groups in total. The molecule has 6 nitrogen and oxygen atoms in total. The lowest BCUT2D eigenvalue weighted by Crippen LogP contribution is -2.55. The van der Waals surface area contributed by atoms with Crippen molar-refractivity contribution in [3.63, 3.8) is 0 Å². The summed E-state index contributed by atoms with van der Waals surface area (Å²) in [6.45, 7) is 0.436. The van der Waals surface area contributed by atoms with Crippen LogP contribution in [0.15, 0.2) is 34.7 Å². The van der Waals surface area contributed by atoms with Crippen molar-refractivity contribution in [1.82, 2.24) is 9.29 Å². The van der Waals surface area contributed by atoms with Gasteiger partial charge in [-0.2, -0.15) is 4.31 Å². The molecule has 1 fully saturated rings. The Labute approximate surface area is 131 Å². The molecule has 2 heterocycles. The maximum Gasteiger partial charge on any atom is 0.273 e. The standard InChI is InChI=1S/C13H13FN2O4S2/c1-19-12-3-2-10(6-11(12)14)22(17,18)16-7-9(8-16)20-13-15-4-5-21-13/h2-6,9H,7-8H2,1H3. The van der Waals surface area contributed by atoms with Crippen LogP contribution in [-0.4, -0.2) is 44.0 Å². The maximum atomic E-state index is 13.7. The molecule has 1 aliphatic rings. The summed E-state index contributed by atoms with van der Waals surface area (Å²) in [5.74, 6) is -0.702. The second-order valence-corrected chi connectivity index (χ2v) is 7.45. The second-order valence-electron chi connectivity index (χ2n) is 4.66. The summed E-state index contributed by atoms with van der Waals surface area (Å²) >= 11 is 1.35. The van der Waals surface area contributed by atoms with Gasteiger partial charge >= 0.3 is 0 Å².